The number of pyridine rings is 1. The summed E-state index contributed by atoms with van der Waals surface area (Å²) in [6.45, 7) is 0. The van der Waals surface area contributed by atoms with Crippen molar-refractivity contribution in [1.82, 2.24) is 23.3 Å². The number of aromatic nitrogens is 5. The van der Waals surface area contributed by atoms with Crippen molar-refractivity contribution in [3.05, 3.63) is 200 Å². The van der Waals surface area contributed by atoms with Crippen molar-refractivity contribution in [2.45, 2.75) is 0 Å². The summed E-state index contributed by atoms with van der Waals surface area (Å²) in [6, 6.07) is 72.2. The van der Waals surface area contributed by atoms with Crippen molar-refractivity contribution in [2.24, 2.45) is 0 Å². The third-order valence-corrected chi connectivity index (χ3v) is 12.2. The molecule has 13 aromatic rings. The Kier molecular flexibility index (Phi) is 6.38. The van der Waals surface area contributed by atoms with E-state index in [9.17, 15) is 0 Å². The van der Waals surface area contributed by atoms with Gasteiger partial charge in [-0.25, -0.2) is 4.98 Å². The van der Waals surface area contributed by atoms with E-state index in [1.54, 1.807) is 0 Å². The Bertz CT molecular complexity index is 3710. The Morgan fingerprint density at radius 2 is 0.500 bits per heavy atom. The Balaban J connectivity index is 1.09. The fourth-order valence-corrected chi connectivity index (χ4v) is 9.89. The van der Waals surface area contributed by atoms with E-state index in [4.69, 9.17) is 4.98 Å². The largest absolute Gasteiger partial charge is 0.309 e. The smallest absolute Gasteiger partial charge is 0.140 e. The molecule has 58 heavy (non-hydrogen) atoms. The predicted octanol–water partition coefficient (Wildman–Crippen LogP) is 13.5. The molecular formula is C53H33N5. The second-order valence-corrected chi connectivity index (χ2v) is 15.1. The van der Waals surface area contributed by atoms with Crippen molar-refractivity contribution in [3.8, 4) is 23.0 Å². The maximum Gasteiger partial charge on any atom is 0.140 e. The molecule has 0 spiro atoms. The Labute approximate surface area is 332 Å². The van der Waals surface area contributed by atoms with Crippen LogP contribution in [0.1, 0.15) is 0 Å². The first-order valence-corrected chi connectivity index (χ1v) is 19.8. The third-order valence-electron chi connectivity index (χ3n) is 12.2. The molecule has 0 saturated heterocycles. The minimum atomic E-state index is 0.874. The number of nitrogens with zero attached hydrogens (tertiary/aromatic N) is 5. The van der Waals surface area contributed by atoms with Crippen LogP contribution in [0.2, 0.25) is 0 Å². The first kappa shape index (κ1) is 31.3. The third kappa shape index (κ3) is 4.17. The molecule has 0 atom stereocenters. The summed E-state index contributed by atoms with van der Waals surface area (Å²) in [5, 5.41) is 9.77. The lowest BCUT2D eigenvalue weighted by atomic mass is 10.1. The maximum absolute atomic E-state index is 5.46. The second kappa shape index (κ2) is 11.8. The summed E-state index contributed by atoms with van der Waals surface area (Å²) in [5.41, 5.74) is 11.6. The molecule has 0 bridgehead atoms. The van der Waals surface area contributed by atoms with E-state index in [-0.39, 0.29) is 0 Å². The van der Waals surface area contributed by atoms with E-state index >= 15 is 0 Å². The summed E-state index contributed by atoms with van der Waals surface area (Å²) in [7, 11) is 0. The lowest BCUT2D eigenvalue weighted by Gasteiger charge is -2.13. The van der Waals surface area contributed by atoms with Gasteiger partial charge in [-0.15, -0.1) is 0 Å². The summed E-state index contributed by atoms with van der Waals surface area (Å²) >= 11 is 0. The summed E-state index contributed by atoms with van der Waals surface area (Å²) < 4.78 is 9.55. The van der Waals surface area contributed by atoms with E-state index in [0.29, 0.717) is 0 Å². The lowest BCUT2D eigenvalue weighted by molar-refractivity contribution is 1.01. The predicted molar refractivity (Wildman–Crippen MR) is 242 cm³/mol. The second-order valence-electron chi connectivity index (χ2n) is 15.1. The minimum Gasteiger partial charge on any atom is -0.309 e. The highest BCUT2D eigenvalue weighted by atomic mass is 15.1. The zero-order valence-corrected chi connectivity index (χ0v) is 31.3. The van der Waals surface area contributed by atoms with Gasteiger partial charge in [-0.3, -0.25) is 9.13 Å². The van der Waals surface area contributed by atoms with Crippen molar-refractivity contribution in [3.63, 3.8) is 0 Å². The molecule has 0 radical (unpaired) electrons. The van der Waals surface area contributed by atoms with Crippen LogP contribution >= 0.6 is 0 Å². The molecule has 5 aromatic heterocycles. The van der Waals surface area contributed by atoms with Crippen molar-refractivity contribution >= 4 is 87.2 Å². The quantitative estimate of drug-likeness (QED) is 0.177. The lowest BCUT2D eigenvalue weighted by Crippen LogP contribution is -2.03. The molecule has 0 aliphatic rings. The molecule has 0 unspecified atom stereocenters. The summed E-state index contributed by atoms with van der Waals surface area (Å²) in [4.78, 5) is 5.46. The van der Waals surface area contributed by atoms with Gasteiger partial charge in [0.2, 0.25) is 0 Å². The number of benzene rings is 8. The zero-order valence-electron chi connectivity index (χ0n) is 31.3. The van der Waals surface area contributed by atoms with Crippen LogP contribution in [0.4, 0.5) is 0 Å². The monoisotopic (exact) mass is 739 g/mol. The molecule has 0 saturated carbocycles. The molecule has 0 aliphatic carbocycles. The number of rotatable bonds is 4. The van der Waals surface area contributed by atoms with E-state index < -0.39 is 0 Å². The van der Waals surface area contributed by atoms with Crippen LogP contribution in [0.5, 0.6) is 0 Å². The van der Waals surface area contributed by atoms with Gasteiger partial charge in [0, 0.05) is 43.1 Å². The molecule has 13 rings (SSSR count). The van der Waals surface area contributed by atoms with E-state index in [1.165, 1.54) is 65.3 Å². The van der Waals surface area contributed by atoms with Crippen molar-refractivity contribution < 1.29 is 0 Å². The molecule has 5 heteroatoms. The van der Waals surface area contributed by atoms with E-state index in [2.05, 4.69) is 218 Å². The van der Waals surface area contributed by atoms with Gasteiger partial charge in [-0.05, 0) is 72.8 Å². The first-order valence-electron chi connectivity index (χ1n) is 19.8. The highest BCUT2D eigenvalue weighted by Crippen LogP contribution is 2.43. The minimum absolute atomic E-state index is 0.874. The average Bonchev–Trinajstić information content (AvgIpc) is 4.02. The van der Waals surface area contributed by atoms with Crippen LogP contribution in [0.25, 0.3) is 110 Å². The molecule has 5 heterocycles. The van der Waals surface area contributed by atoms with Crippen LogP contribution in [0.3, 0.4) is 0 Å². The standard InChI is InChI=1S/C53H33N5/c1-7-22-40-34(16-1)35-17-2-8-23-41(35)55(40)46-28-13-29-47-52(46)38-20-5-11-26-44(38)56(47)48-30-14-31-49-53(48)39-21-6-12-27-45(39)58(49)51-33-15-32-50(54-51)57-42-24-9-3-18-36(42)37-19-4-10-25-43(37)57/h1-33H. The van der Waals surface area contributed by atoms with Gasteiger partial charge < -0.3 is 9.13 Å². The van der Waals surface area contributed by atoms with Crippen LogP contribution in [-0.4, -0.2) is 23.3 Å². The van der Waals surface area contributed by atoms with Gasteiger partial charge >= 0.3 is 0 Å². The van der Waals surface area contributed by atoms with Crippen molar-refractivity contribution in [1.29, 1.82) is 0 Å². The highest BCUT2D eigenvalue weighted by molar-refractivity contribution is 6.19. The topological polar surface area (TPSA) is 32.6 Å². The fraction of sp³-hybridized carbons (Fsp3) is 0. The van der Waals surface area contributed by atoms with E-state index in [1.807, 2.05) is 0 Å². The highest BCUT2D eigenvalue weighted by Gasteiger charge is 2.23. The van der Waals surface area contributed by atoms with Crippen LogP contribution in [-0.2, 0) is 0 Å². The molecule has 0 fully saturated rings. The number of para-hydroxylation sites is 6. The number of hydrogen-bond donors (Lipinski definition) is 0. The van der Waals surface area contributed by atoms with Gasteiger partial charge in [-0.2, -0.15) is 0 Å². The van der Waals surface area contributed by atoms with E-state index in [0.717, 1.165) is 44.9 Å². The normalized spacial score (nSPS) is 12.1. The fourth-order valence-electron chi connectivity index (χ4n) is 9.89. The molecule has 8 aromatic carbocycles. The van der Waals surface area contributed by atoms with Crippen LogP contribution in [0.15, 0.2) is 200 Å². The van der Waals surface area contributed by atoms with Crippen LogP contribution in [0, 0.1) is 0 Å². The van der Waals surface area contributed by atoms with Gasteiger partial charge in [0.25, 0.3) is 0 Å². The molecule has 270 valence electrons. The number of hydrogen-bond acceptors (Lipinski definition) is 1. The Morgan fingerprint density at radius 1 is 0.224 bits per heavy atom. The maximum atomic E-state index is 5.46. The van der Waals surface area contributed by atoms with Crippen LogP contribution < -0.4 is 0 Å². The molecule has 0 N–H and O–H groups in total. The Morgan fingerprint density at radius 3 is 0.948 bits per heavy atom. The zero-order chi connectivity index (χ0) is 37.9. The van der Waals surface area contributed by atoms with Gasteiger partial charge in [0.15, 0.2) is 0 Å². The molecule has 0 aliphatic heterocycles. The van der Waals surface area contributed by atoms with Crippen molar-refractivity contribution in [2.75, 3.05) is 0 Å². The molecule has 5 nitrogen and oxygen atoms in total. The first-order chi connectivity index (χ1) is 28.8. The summed E-state index contributed by atoms with van der Waals surface area (Å²) in [6.07, 6.45) is 0. The Hall–Kier alpha value is -7.89. The number of fused-ring (bicyclic) bond motifs is 12. The van der Waals surface area contributed by atoms with Gasteiger partial charge in [0.1, 0.15) is 11.6 Å². The molecular weight excluding hydrogens is 707 g/mol. The average molecular weight is 740 g/mol. The van der Waals surface area contributed by atoms with Gasteiger partial charge in [-0.1, -0.05) is 127 Å². The molecule has 0 amide bonds. The SMILES string of the molecule is c1cc(-n2c3ccccc3c3ccccc32)nc(-n2c3ccccc3c3c(-n4c5ccccc5c5c(-n6c7ccccc7c7ccccc76)cccc54)cccc32)c1. The summed E-state index contributed by atoms with van der Waals surface area (Å²) in [5.74, 6) is 1.76. The van der Waals surface area contributed by atoms with Gasteiger partial charge in [0.05, 0.1) is 55.5 Å².